The van der Waals surface area contributed by atoms with Crippen LogP contribution in [0.2, 0.25) is 0 Å². The van der Waals surface area contributed by atoms with Gasteiger partial charge in [0.05, 0.1) is 11.2 Å². The number of amides is 3. The number of nitrogens with zero attached hydrogens (tertiary/aromatic N) is 1. The summed E-state index contributed by atoms with van der Waals surface area (Å²) in [4.78, 5) is 29.4. The van der Waals surface area contributed by atoms with E-state index in [1.165, 1.54) is 0 Å². The highest BCUT2D eigenvalue weighted by molar-refractivity contribution is 6.30. The standard InChI is InChI=1S/C23H25ClN4O3/c1-13-7-14(11-25-10-13)12-26-21(29)17-9-15-8-16(24)19-18(20(15)31-17)23(28-22(30)27-19)5-3-2-4-6-23/h7,9-11,15H,2-6,8,12H2,1H3,(H,26,29)(H2,27,28,30). The van der Waals surface area contributed by atoms with E-state index in [2.05, 4.69) is 20.9 Å². The topological polar surface area (TPSA) is 92.4 Å². The Bertz CT molecular complexity index is 1050. The van der Waals surface area contributed by atoms with Gasteiger partial charge in [0.1, 0.15) is 5.76 Å². The highest BCUT2D eigenvalue weighted by atomic mass is 35.5. The molecule has 31 heavy (non-hydrogen) atoms. The van der Waals surface area contributed by atoms with Crippen LogP contribution in [0.1, 0.15) is 49.7 Å². The third-order valence-corrected chi connectivity index (χ3v) is 6.80. The first-order valence-corrected chi connectivity index (χ1v) is 11.1. The minimum atomic E-state index is -0.489. The number of urea groups is 1. The van der Waals surface area contributed by atoms with E-state index in [9.17, 15) is 9.59 Å². The first kappa shape index (κ1) is 20.1. The summed E-state index contributed by atoms with van der Waals surface area (Å²) in [6.07, 6.45) is 10.7. The van der Waals surface area contributed by atoms with Gasteiger partial charge in [-0.05, 0) is 43.4 Å². The molecule has 7 nitrogen and oxygen atoms in total. The largest absolute Gasteiger partial charge is 0.455 e. The van der Waals surface area contributed by atoms with Crippen molar-refractivity contribution in [2.75, 3.05) is 0 Å². The second kappa shape index (κ2) is 7.71. The Labute approximate surface area is 186 Å². The molecule has 1 saturated carbocycles. The van der Waals surface area contributed by atoms with Crippen LogP contribution in [0, 0.1) is 12.8 Å². The Morgan fingerprint density at radius 2 is 2.13 bits per heavy atom. The summed E-state index contributed by atoms with van der Waals surface area (Å²) in [5.41, 5.74) is 3.05. The van der Waals surface area contributed by atoms with Crippen molar-refractivity contribution < 1.29 is 14.3 Å². The molecule has 0 radical (unpaired) electrons. The van der Waals surface area contributed by atoms with Gasteiger partial charge in [-0.25, -0.2) is 4.79 Å². The molecule has 8 heteroatoms. The van der Waals surface area contributed by atoms with E-state index in [1.54, 1.807) is 12.4 Å². The van der Waals surface area contributed by atoms with E-state index in [0.29, 0.717) is 23.7 Å². The van der Waals surface area contributed by atoms with Crippen molar-refractivity contribution in [3.05, 3.63) is 63.5 Å². The molecule has 1 atom stereocenters. The Balaban J connectivity index is 1.41. The summed E-state index contributed by atoms with van der Waals surface area (Å²) >= 11 is 6.62. The molecule has 1 aromatic rings. The molecule has 1 aromatic heterocycles. The van der Waals surface area contributed by atoms with Crippen LogP contribution in [0.25, 0.3) is 0 Å². The SMILES string of the molecule is Cc1cncc(CNC(=O)C2=CC3CC(Cl)=C4NC(=O)NC5(CCCCC5)C4=C3O2)c1. The molecule has 5 rings (SSSR count). The predicted molar refractivity (Wildman–Crippen MR) is 115 cm³/mol. The number of fused-ring (bicyclic) bond motifs is 3. The maximum atomic E-state index is 12.8. The summed E-state index contributed by atoms with van der Waals surface area (Å²) in [5, 5.41) is 9.55. The van der Waals surface area contributed by atoms with Crippen molar-refractivity contribution in [2.45, 2.75) is 57.5 Å². The normalized spacial score (nSPS) is 24.0. The number of hydrogen-bond acceptors (Lipinski definition) is 4. The Kier molecular flexibility index (Phi) is 5.01. The molecule has 0 bridgehead atoms. The third-order valence-electron chi connectivity index (χ3n) is 6.46. The van der Waals surface area contributed by atoms with Gasteiger partial charge >= 0.3 is 6.03 Å². The van der Waals surface area contributed by atoms with Gasteiger partial charge in [-0.1, -0.05) is 36.9 Å². The lowest BCUT2D eigenvalue weighted by atomic mass is 9.71. The molecule has 2 aliphatic heterocycles. The van der Waals surface area contributed by atoms with Crippen LogP contribution in [0.3, 0.4) is 0 Å². The number of hydrogen-bond donors (Lipinski definition) is 3. The average Bonchev–Trinajstić information content (AvgIpc) is 3.16. The molecule has 3 heterocycles. The first-order valence-electron chi connectivity index (χ1n) is 10.8. The maximum Gasteiger partial charge on any atom is 0.319 e. The van der Waals surface area contributed by atoms with E-state index < -0.39 is 5.54 Å². The van der Waals surface area contributed by atoms with Crippen LogP contribution >= 0.6 is 11.6 Å². The molecule has 2 aliphatic carbocycles. The zero-order valence-corrected chi connectivity index (χ0v) is 18.1. The fourth-order valence-electron chi connectivity index (χ4n) is 5.09. The lowest BCUT2D eigenvalue weighted by Gasteiger charge is -2.46. The first-order chi connectivity index (χ1) is 14.9. The highest BCUT2D eigenvalue weighted by Crippen LogP contribution is 2.50. The van der Waals surface area contributed by atoms with Crippen LogP contribution in [-0.4, -0.2) is 22.5 Å². The molecule has 1 unspecified atom stereocenters. The lowest BCUT2D eigenvalue weighted by molar-refractivity contribution is -0.120. The van der Waals surface area contributed by atoms with Gasteiger partial charge in [0, 0.05) is 35.5 Å². The monoisotopic (exact) mass is 440 g/mol. The molecule has 1 spiro atoms. The molecule has 0 aromatic carbocycles. The molecule has 3 N–H and O–H groups in total. The van der Waals surface area contributed by atoms with E-state index in [0.717, 1.165) is 54.6 Å². The van der Waals surface area contributed by atoms with Gasteiger partial charge in [0.2, 0.25) is 0 Å². The quantitative estimate of drug-likeness (QED) is 0.668. The summed E-state index contributed by atoms with van der Waals surface area (Å²) in [6.45, 7) is 2.34. The molecule has 4 aliphatic rings. The Hall–Kier alpha value is -2.80. The number of rotatable bonds is 3. The van der Waals surface area contributed by atoms with Crippen molar-refractivity contribution in [3.8, 4) is 0 Å². The number of aryl methyl sites for hydroxylation is 1. The van der Waals surface area contributed by atoms with E-state index >= 15 is 0 Å². The summed E-state index contributed by atoms with van der Waals surface area (Å²) in [7, 11) is 0. The van der Waals surface area contributed by atoms with Gasteiger partial charge < -0.3 is 20.7 Å². The van der Waals surface area contributed by atoms with Crippen LogP contribution in [0.5, 0.6) is 0 Å². The third kappa shape index (κ3) is 3.61. The Morgan fingerprint density at radius 3 is 2.90 bits per heavy atom. The number of ether oxygens (including phenoxy) is 1. The van der Waals surface area contributed by atoms with Crippen molar-refractivity contribution in [1.29, 1.82) is 0 Å². The Morgan fingerprint density at radius 1 is 1.32 bits per heavy atom. The number of carbonyl (C=O) groups is 2. The zero-order valence-electron chi connectivity index (χ0n) is 17.4. The highest BCUT2D eigenvalue weighted by Gasteiger charge is 2.49. The predicted octanol–water partition coefficient (Wildman–Crippen LogP) is 3.66. The van der Waals surface area contributed by atoms with Gasteiger partial charge in [-0.3, -0.25) is 9.78 Å². The number of pyridine rings is 1. The lowest BCUT2D eigenvalue weighted by Crippen LogP contribution is -2.61. The zero-order chi connectivity index (χ0) is 21.6. The van der Waals surface area contributed by atoms with Crippen LogP contribution in [0.15, 0.2) is 52.4 Å². The van der Waals surface area contributed by atoms with Gasteiger partial charge in [-0.2, -0.15) is 0 Å². The number of nitrogens with one attached hydrogen (secondary N) is 3. The van der Waals surface area contributed by atoms with E-state index in [-0.39, 0.29) is 23.6 Å². The van der Waals surface area contributed by atoms with Crippen molar-refractivity contribution in [3.63, 3.8) is 0 Å². The fourth-order valence-corrected chi connectivity index (χ4v) is 5.40. The summed E-state index contributed by atoms with van der Waals surface area (Å²) in [5.74, 6) is 0.633. The smallest absolute Gasteiger partial charge is 0.319 e. The molecular formula is C23H25ClN4O3. The van der Waals surface area contributed by atoms with Gasteiger partial charge in [0.15, 0.2) is 5.76 Å². The van der Waals surface area contributed by atoms with Crippen LogP contribution in [-0.2, 0) is 16.1 Å². The minimum Gasteiger partial charge on any atom is -0.455 e. The number of allylic oxidation sites excluding steroid dienone is 2. The second-order valence-electron chi connectivity index (χ2n) is 8.74. The maximum absolute atomic E-state index is 12.8. The molecule has 162 valence electrons. The van der Waals surface area contributed by atoms with E-state index in [4.69, 9.17) is 16.3 Å². The van der Waals surface area contributed by atoms with Gasteiger partial charge in [0.25, 0.3) is 5.91 Å². The fraction of sp³-hybridized carbons (Fsp3) is 0.435. The number of halogens is 1. The number of carbonyl (C=O) groups excluding carboxylic acids is 2. The molecule has 3 amide bonds. The number of aromatic nitrogens is 1. The van der Waals surface area contributed by atoms with Crippen molar-refractivity contribution >= 4 is 23.5 Å². The van der Waals surface area contributed by atoms with E-state index in [1.807, 2.05) is 19.1 Å². The second-order valence-corrected chi connectivity index (χ2v) is 9.19. The minimum absolute atomic E-state index is 0.108. The molecule has 2 fully saturated rings. The van der Waals surface area contributed by atoms with Crippen LogP contribution < -0.4 is 16.0 Å². The molecular weight excluding hydrogens is 416 g/mol. The van der Waals surface area contributed by atoms with Crippen LogP contribution in [0.4, 0.5) is 4.79 Å². The average molecular weight is 441 g/mol. The molecule has 1 saturated heterocycles. The summed E-state index contributed by atoms with van der Waals surface area (Å²) < 4.78 is 6.15. The van der Waals surface area contributed by atoms with Crippen molar-refractivity contribution in [1.82, 2.24) is 20.9 Å². The summed E-state index contributed by atoms with van der Waals surface area (Å²) in [6, 6.07) is 1.76. The van der Waals surface area contributed by atoms with Gasteiger partial charge in [-0.15, -0.1) is 0 Å². The van der Waals surface area contributed by atoms with Crippen molar-refractivity contribution in [2.24, 2.45) is 5.92 Å².